The lowest BCUT2D eigenvalue weighted by Gasteiger charge is -2.13. The minimum Gasteiger partial charge on any atom is -0.452 e. The molecule has 1 N–H and O–H groups in total. The average Bonchev–Trinajstić information content (AvgIpc) is 2.57. The van der Waals surface area contributed by atoms with Crippen LogP contribution in [0.3, 0.4) is 0 Å². The topological polar surface area (TPSA) is 79.2 Å². The molecule has 0 saturated heterocycles. The highest BCUT2D eigenvalue weighted by molar-refractivity contribution is 5.95. The molecule has 0 fully saturated rings. The average molecular weight is 322 g/mol. The molecule has 0 unspecified atom stereocenters. The summed E-state index contributed by atoms with van der Waals surface area (Å²) < 4.78 is 5.16. The van der Waals surface area contributed by atoms with E-state index in [0.29, 0.717) is 11.3 Å². The molecule has 2 aromatic carbocycles. The van der Waals surface area contributed by atoms with E-state index < -0.39 is 18.0 Å². The first-order valence-corrected chi connectivity index (χ1v) is 7.54. The van der Waals surface area contributed by atoms with Crippen LogP contribution < -0.4 is 5.32 Å². The molecule has 0 radical (unpaired) electrons. The third-order valence-corrected chi connectivity index (χ3v) is 3.43. The monoisotopic (exact) mass is 322 g/mol. The Morgan fingerprint density at radius 3 is 2.33 bits per heavy atom. The first-order valence-electron chi connectivity index (χ1n) is 7.54. The molecule has 0 aliphatic carbocycles. The van der Waals surface area contributed by atoms with Crippen LogP contribution in [0.5, 0.6) is 0 Å². The van der Waals surface area contributed by atoms with Crippen LogP contribution in [0.1, 0.15) is 23.6 Å². The zero-order valence-corrected chi connectivity index (χ0v) is 13.6. The molecule has 1 atom stereocenters. The molecule has 0 aliphatic rings. The molecule has 122 valence electrons. The number of benzene rings is 2. The Labute approximate surface area is 140 Å². The summed E-state index contributed by atoms with van der Waals surface area (Å²) in [4.78, 5) is 24.0. The van der Waals surface area contributed by atoms with Crippen LogP contribution in [0.25, 0.3) is 0 Å². The molecule has 2 rings (SSSR count). The zero-order chi connectivity index (χ0) is 17.5. The van der Waals surface area contributed by atoms with Gasteiger partial charge in [-0.2, -0.15) is 5.26 Å². The number of ether oxygens (including phenoxy) is 1. The lowest BCUT2D eigenvalue weighted by atomic mass is 10.1. The van der Waals surface area contributed by atoms with Crippen molar-refractivity contribution in [2.24, 2.45) is 0 Å². The first-order chi connectivity index (χ1) is 11.5. The van der Waals surface area contributed by atoms with Gasteiger partial charge < -0.3 is 10.1 Å². The largest absolute Gasteiger partial charge is 0.452 e. The van der Waals surface area contributed by atoms with E-state index >= 15 is 0 Å². The normalized spacial score (nSPS) is 11.2. The Morgan fingerprint density at radius 2 is 1.75 bits per heavy atom. The SMILES string of the molecule is Cc1ccc(CC(=O)O[C@H](C)C(=O)Nc2ccc(C#N)cc2)cc1. The van der Waals surface area contributed by atoms with Crippen LogP contribution in [0.4, 0.5) is 5.69 Å². The highest BCUT2D eigenvalue weighted by Crippen LogP contribution is 2.10. The summed E-state index contributed by atoms with van der Waals surface area (Å²) >= 11 is 0. The van der Waals surface area contributed by atoms with Gasteiger partial charge in [0.25, 0.3) is 5.91 Å². The van der Waals surface area contributed by atoms with Gasteiger partial charge in [0.15, 0.2) is 6.10 Å². The maximum atomic E-state index is 12.0. The molecular weight excluding hydrogens is 304 g/mol. The first kappa shape index (κ1) is 17.2. The lowest BCUT2D eigenvalue weighted by Crippen LogP contribution is -2.30. The summed E-state index contributed by atoms with van der Waals surface area (Å²) in [5, 5.41) is 11.4. The molecular formula is C19H18N2O3. The molecule has 0 heterocycles. The molecule has 5 heteroatoms. The van der Waals surface area contributed by atoms with Gasteiger partial charge >= 0.3 is 5.97 Å². The van der Waals surface area contributed by atoms with Crippen molar-refractivity contribution in [3.8, 4) is 6.07 Å². The predicted octanol–water partition coefficient (Wildman–Crippen LogP) is 2.98. The fraction of sp³-hybridized carbons (Fsp3) is 0.211. The number of nitrogens with one attached hydrogen (secondary N) is 1. The Hall–Kier alpha value is -3.13. The van der Waals surface area contributed by atoms with Crippen molar-refractivity contribution in [3.63, 3.8) is 0 Å². The van der Waals surface area contributed by atoms with Gasteiger partial charge in [-0.25, -0.2) is 0 Å². The number of nitrogens with zero attached hydrogens (tertiary/aromatic N) is 1. The Balaban J connectivity index is 1.87. The molecule has 0 aliphatic heterocycles. The zero-order valence-electron chi connectivity index (χ0n) is 13.6. The standard InChI is InChI=1S/C19H18N2O3/c1-13-3-5-15(6-4-13)11-18(22)24-14(2)19(23)21-17-9-7-16(12-20)8-10-17/h3-10,14H,11H2,1-2H3,(H,21,23)/t14-/m1/s1. The van der Waals surface area contributed by atoms with E-state index in [1.54, 1.807) is 24.3 Å². The fourth-order valence-electron chi connectivity index (χ4n) is 2.04. The highest BCUT2D eigenvalue weighted by atomic mass is 16.5. The van der Waals surface area contributed by atoms with E-state index in [1.165, 1.54) is 6.92 Å². The second kappa shape index (κ2) is 7.93. The summed E-state index contributed by atoms with van der Waals surface area (Å²) in [5.41, 5.74) is 3.00. The third-order valence-electron chi connectivity index (χ3n) is 3.43. The van der Waals surface area contributed by atoms with E-state index in [4.69, 9.17) is 10.00 Å². The Kier molecular flexibility index (Phi) is 5.69. The number of aryl methyl sites for hydroxylation is 1. The van der Waals surface area contributed by atoms with Gasteiger partial charge in [0.2, 0.25) is 0 Å². The van der Waals surface area contributed by atoms with Crippen molar-refractivity contribution in [2.45, 2.75) is 26.4 Å². The summed E-state index contributed by atoms with van der Waals surface area (Å²) in [6.45, 7) is 3.49. The van der Waals surface area contributed by atoms with Crippen molar-refractivity contribution >= 4 is 17.6 Å². The number of carbonyl (C=O) groups excluding carboxylic acids is 2. The molecule has 0 saturated carbocycles. The van der Waals surface area contributed by atoms with Crippen molar-refractivity contribution in [1.29, 1.82) is 5.26 Å². The number of esters is 1. The molecule has 5 nitrogen and oxygen atoms in total. The number of hydrogen-bond donors (Lipinski definition) is 1. The van der Waals surface area contributed by atoms with Crippen LogP contribution in [0, 0.1) is 18.3 Å². The molecule has 24 heavy (non-hydrogen) atoms. The summed E-state index contributed by atoms with van der Waals surface area (Å²) in [6.07, 6.45) is -0.784. The van der Waals surface area contributed by atoms with Gasteiger partial charge in [-0.05, 0) is 43.7 Å². The fourth-order valence-corrected chi connectivity index (χ4v) is 2.04. The predicted molar refractivity (Wildman–Crippen MR) is 90.2 cm³/mol. The quantitative estimate of drug-likeness (QED) is 0.858. The number of hydrogen-bond acceptors (Lipinski definition) is 4. The number of rotatable bonds is 5. The Morgan fingerprint density at radius 1 is 1.12 bits per heavy atom. The van der Waals surface area contributed by atoms with Gasteiger partial charge in [-0.3, -0.25) is 9.59 Å². The summed E-state index contributed by atoms with van der Waals surface area (Å²) in [6, 6.07) is 16.0. The van der Waals surface area contributed by atoms with Crippen molar-refractivity contribution in [2.75, 3.05) is 5.32 Å². The lowest BCUT2D eigenvalue weighted by molar-refractivity contribution is -0.152. The van der Waals surface area contributed by atoms with Crippen LogP contribution in [-0.2, 0) is 20.7 Å². The van der Waals surface area contributed by atoms with Gasteiger partial charge in [0, 0.05) is 5.69 Å². The van der Waals surface area contributed by atoms with Crippen LogP contribution in [0.2, 0.25) is 0 Å². The van der Waals surface area contributed by atoms with Crippen molar-refractivity contribution in [1.82, 2.24) is 0 Å². The maximum Gasteiger partial charge on any atom is 0.311 e. The molecule has 0 aromatic heterocycles. The van der Waals surface area contributed by atoms with Gasteiger partial charge in [-0.15, -0.1) is 0 Å². The highest BCUT2D eigenvalue weighted by Gasteiger charge is 2.18. The molecule has 0 bridgehead atoms. The summed E-state index contributed by atoms with van der Waals surface area (Å²) in [5.74, 6) is -0.877. The van der Waals surface area contributed by atoms with E-state index in [0.717, 1.165) is 11.1 Å². The van der Waals surface area contributed by atoms with Crippen LogP contribution >= 0.6 is 0 Å². The Bertz CT molecular complexity index is 759. The van der Waals surface area contributed by atoms with Crippen LogP contribution in [0.15, 0.2) is 48.5 Å². The van der Waals surface area contributed by atoms with Crippen molar-refractivity contribution in [3.05, 3.63) is 65.2 Å². The number of amides is 1. The minimum absolute atomic E-state index is 0.120. The third kappa shape index (κ3) is 4.96. The van der Waals surface area contributed by atoms with Gasteiger partial charge in [0.1, 0.15) is 0 Å². The molecule has 2 aromatic rings. The van der Waals surface area contributed by atoms with Crippen LogP contribution in [-0.4, -0.2) is 18.0 Å². The molecule has 0 spiro atoms. The second-order valence-corrected chi connectivity index (χ2v) is 5.47. The van der Waals surface area contributed by atoms with E-state index in [9.17, 15) is 9.59 Å². The molecule has 1 amide bonds. The van der Waals surface area contributed by atoms with E-state index in [2.05, 4.69) is 5.32 Å². The summed E-state index contributed by atoms with van der Waals surface area (Å²) in [7, 11) is 0. The van der Waals surface area contributed by atoms with Crippen molar-refractivity contribution < 1.29 is 14.3 Å². The van der Waals surface area contributed by atoms with E-state index in [1.807, 2.05) is 37.3 Å². The number of nitriles is 1. The van der Waals surface area contributed by atoms with E-state index in [-0.39, 0.29) is 6.42 Å². The smallest absolute Gasteiger partial charge is 0.311 e. The maximum absolute atomic E-state index is 12.0. The van der Waals surface area contributed by atoms with Gasteiger partial charge in [-0.1, -0.05) is 29.8 Å². The minimum atomic E-state index is -0.904. The number of anilines is 1. The second-order valence-electron chi connectivity index (χ2n) is 5.47. The van der Waals surface area contributed by atoms with Gasteiger partial charge in [0.05, 0.1) is 18.1 Å². The number of carbonyl (C=O) groups is 2.